The van der Waals surface area contributed by atoms with Crippen molar-refractivity contribution in [2.75, 3.05) is 0 Å². The molecule has 0 saturated heterocycles. The van der Waals surface area contributed by atoms with E-state index in [0.29, 0.717) is 0 Å². The molecule has 0 radical (unpaired) electrons. The first-order chi connectivity index (χ1) is 10.2. The third kappa shape index (κ3) is 3.93. The SMILES string of the molecule is CCC(C)(C)c1ccc(OC(F)(F)C(F)(F)C(C)(C)C)c(Cl)c1. The van der Waals surface area contributed by atoms with Gasteiger partial charge in [0.25, 0.3) is 0 Å². The molecular formula is C17H23ClF4O. The van der Waals surface area contributed by atoms with Crippen molar-refractivity contribution in [3.05, 3.63) is 28.8 Å². The monoisotopic (exact) mass is 354 g/mol. The summed E-state index contributed by atoms with van der Waals surface area (Å²) in [6.45, 7) is 9.01. The first kappa shape index (κ1) is 20.1. The molecule has 1 aromatic rings. The lowest BCUT2D eigenvalue weighted by Crippen LogP contribution is -2.53. The van der Waals surface area contributed by atoms with E-state index in [1.165, 1.54) is 12.1 Å². The van der Waals surface area contributed by atoms with Gasteiger partial charge >= 0.3 is 12.0 Å². The average molecular weight is 355 g/mol. The molecule has 0 amide bonds. The highest BCUT2D eigenvalue weighted by Crippen LogP contribution is 2.48. The molecule has 0 spiro atoms. The number of benzene rings is 1. The van der Waals surface area contributed by atoms with Gasteiger partial charge in [0.1, 0.15) is 5.75 Å². The summed E-state index contributed by atoms with van der Waals surface area (Å²) < 4.78 is 60.0. The van der Waals surface area contributed by atoms with Crippen molar-refractivity contribution in [1.82, 2.24) is 0 Å². The summed E-state index contributed by atoms with van der Waals surface area (Å²) >= 11 is 5.96. The molecule has 0 unspecified atom stereocenters. The smallest absolute Gasteiger partial charge is 0.426 e. The fourth-order valence-corrected chi connectivity index (χ4v) is 2.07. The molecule has 6 heteroatoms. The van der Waals surface area contributed by atoms with E-state index in [2.05, 4.69) is 4.74 Å². The van der Waals surface area contributed by atoms with Gasteiger partial charge in [0.05, 0.1) is 5.02 Å². The Morgan fingerprint density at radius 1 is 1.00 bits per heavy atom. The topological polar surface area (TPSA) is 9.23 Å². The Kier molecular flexibility index (Phi) is 5.37. The Balaban J connectivity index is 3.15. The zero-order valence-electron chi connectivity index (χ0n) is 14.2. The van der Waals surface area contributed by atoms with Gasteiger partial charge in [0.2, 0.25) is 0 Å². The van der Waals surface area contributed by atoms with Crippen molar-refractivity contribution in [1.29, 1.82) is 0 Å². The second-order valence-corrected chi connectivity index (χ2v) is 7.73. The molecule has 23 heavy (non-hydrogen) atoms. The van der Waals surface area contributed by atoms with Crippen LogP contribution in [0.5, 0.6) is 5.75 Å². The van der Waals surface area contributed by atoms with E-state index in [1.807, 2.05) is 20.8 Å². The van der Waals surface area contributed by atoms with Crippen molar-refractivity contribution in [2.45, 2.75) is 65.4 Å². The fraction of sp³-hybridized carbons (Fsp3) is 0.647. The Bertz CT molecular complexity index is 562. The summed E-state index contributed by atoms with van der Waals surface area (Å²) in [7, 11) is 0. The van der Waals surface area contributed by atoms with Gasteiger partial charge in [0.15, 0.2) is 0 Å². The minimum Gasteiger partial charge on any atom is -0.426 e. The number of ether oxygens (including phenoxy) is 1. The number of hydrogen-bond acceptors (Lipinski definition) is 1. The van der Waals surface area contributed by atoms with E-state index in [0.717, 1.165) is 32.8 Å². The molecule has 0 aromatic heterocycles. The lowest BCUT2D eigenvalue weighted by Gasteiger charge is -2.35. The molecule has 1 aromatic carbocycles. The standard InChI is InChI=1S/C17H23ClF4O/c1-7-15(5,6)11-8-9-13(12(18)10-11)23-17(21,22)16(19,20)14(2,3)4/h8-10H,7H2,1-6H3. The van der Waals surface area contributed by atoms with Crippen LogP contribution in [0.25, 0.3) is 0 Å². The van der Waals surface area contributed by atoms with E-state index in [9.17, 15) is 17.6 Å². The number of alkyl halides is 4. The summed E-state index contributed by atoms with van der Waals surface area (Å²) in [5, 5.41) is -0.117. The fourth-order valence-electron chi connectivity index (χ4n) is 1.85. The molecule has 1 rings (SSSR count). The molecule has 0 saturated carbocycles. The third-order valence-electron chi connectivity index (χ3n) is 4.14. The van der Waals surface area contributed by atoms with Gasteiger partial charge in [-0.3, -0.25) is 0 Å². The summed E-state index contributed by atoms with van der Waals surface area (Å²) in [6.07, 6.45) is -3.86. The third-order valence-corrected chi connectivity index (χ3v) is 4.44. The van der Waals surface area contributed by atoms with Gasteiger partial charge in [-0.05, 0) is 29.5 Å². The molecule has 0 atom stereocenters. The van der Waals surface area contributed by atoms with Crippen LogP contribution in [0.3, 0.4) is 0 Å². The van der Waals surface area contributed by atoms with Crippen LogP contribution in [0.15, 0.2) is 18.2 Å². The van der Waals surface area contributed by atoms with Gasteiger partial charge in [0, 0.05) is 5.41 Å². The highest BCUT2D eigenvalue weighted by molar-refractivity contribution is 6.32. The average Bonchev–Trinajstić information content (AvgIpc) is 2.39. The maximum absolute atomic E-state index is 13.9. The lowest BCUT2D eigenvalue weighted by molar-refractivity contribution is -0.340. The highest BCUT2D eigenvalue weighted by atomic mass is 35.5. The minimum atomic E-state index is -4.67. The zero-order valence-corrected chi connectivity index (χ0v) is 15.0. The Morgan fingerprint density at radius 2 is 1.52 bits per heavy atom. The highest BCUT2D eigenvalue weighted by Gasteiger charge is 2.66. The molecule has 0 aliphatic carbocycles. The molecule has 0 fully saturated rings. The van der Waals surface area contributed by atoms with E-state index in [-0.39, 0.29) is 10.4 Å². The van der Waals surface area contributed by atoms with Crippen LogP contribution >= 0.6 is 11.6 Å². The van der Waals surface area contributed by atoms with E-state index >= 15 is 0 Å². The Morgan fingerprint density at radius 3 is 1.91 bits per heavy atom. The molecular weight excluding hydrogens is 332 g/mol. The van der Waals surface area contributed by atoms with Crippen LogP contribution in [-0.4, -0.2) is 12.0 Å². The van der Waals surface area contributed by atoms with Gasteiger partial charge in [-0.1, -0.05) is 59.2 Å². The molecule has 132 valence electrons. The van der Waals surface area contributed by atoms with E-state index in [1.54, 1.807) is 6.07 Å². The maximum atomic E-state index is 13.9. The first-order valence-corrected chi connectivity index (χ1v) is 7.78. The number of halogens is 5. The van der Waals surface area contributed by atoms with Crippen LogP contribution in [0.4, 0.5) is 17.6 Å². The van der Waals surface area contributed by atoms with Gasteiger partial charge in [-0.25, -0.2) is 0 Å². The van der Waals surface area contributed by atoms with Crippen molar-refractivity contribution >= 4 is 11.6 Å². The van der Waals surface area contributed by atoms with Gasteiger partial charge in [-0.15, -0.1) is 0 Å². The molecule has 0 heterocycles. The normalized spacial score (nSPS) is 14.0. The van der Waals surface area contributed by atoms with E-state index < -0.39 is 23.2 Å². The van der Waals surface area contributed by atoms with Gasteiger partial charge < -0.3 is 4.74 Å². The van der Waals surface area contributed by atoms with Crippen molar-refractivity contribution in [2.24, 2.45) is 5.41 Å². The Labute approximate surface area is 140 Å². The second-order valence-electron chi connectivity index (χ2n) is 7.33. The molecule has 0 aliphatic heterocycles. The second kappa shape index (κ2) is 6.15. The van der Waals surface area contributed by atoms with Gasteiger partial charge in [-0.2, -0.15) is 17.6 Å². The summed E-state index contributed by atoms with van der Waals surface area (Å²) in [6, 6.07) is 4.25. The molecule has 0 bridgehead atoms. The van der Waals surface area contributed by atoms with Crippen LogP contribution in [0.1, 0.15) is 53.5 Å². The van der Waals surface area contributed by atoms with Crippen molar-refractivity contribution in [3.63, 3.8) is 0 Å². The van der Waals surface area contributed by atoms with Crippen LogP contribution in [0, 0.1) is 5.41 Å². The van der Waals surface area contributed by atoms with Crippen LogP contribution in [0.2, 0.25) is 5.02 Å². The predicted octanol–water partition coefficient (Wildman–Crippen LogP) is 6.68. The van der Waals surface area contributed by atoms with Crippen LogP contribution in [-0.2, 0) is 5.41 Å². The molecule has 0 N–H and O–H groups in total. The van der Waals surface area contributed by atoms with Crippen molar-refractivity contribution in [3.8, 4) is 5.75 Å². The lowest BCUT2D eigenvalue weighted by atomic mass is 9.82. The summed E-state index contributed by atoms with van der Waals surface area (Å²) in [4.78, 5) is 0. The molecule has 1 nitrogen and oxygen atoms in total. The quantitative estimate of drug-likeness (QED) is 0.536. The van der Waals surface area contributed by atoms with E-state index in [4.69, 9.17) is 11.6 Å². The number of hydrogen-bond donors (Lipinski definition) is 0. The predicted molar refractivity (Wildman–Crippen MR) is 84.7 cm³/mol. The number of rotatable bonds is 5. The molecule has 0 aliphatic rings. The maximum Gasteiger partial charge on any atom is 0.464 e. The van der Waals surface area contributed by atoms with Crippen LogP contribution < -0.4 is 4.74 Å². The zero-order chi connectivity index (χ0) is 18.3. The first-order valence-electron chi connectivity index (χ1n) is 7.40. The van der Waals surface area contributed by atoms with Crippen molar-refractivity contribution < 1.29 is 22.3 Å². The summed E-state index contributed by atoms with van der Waals surface area (Å²) in [5.74, 6) is -4.82. The minimum absolute atomic E-state index is 0.117. The Hall–Kier alpha value is -0.970. The largest absolute Gasteiger partial charge is 0.464 e. The summed E-state index contributed by atoms with van der Waals surface area (Å²) in [5.41, 5.74) is -1.35.